The van der Waals surface area contributed by atoms with Gasteiger partial charge in [-0.1, -0.05) is 12.1 Å². The molecule has 0 heterocycles. The smallest absolute Gasteiger partial charge is 0.252 e. The number of oxime groups is 1. The number of amides is 1. The monoisotopic (exact) mass is 281 g/mol. The minimum absolute atomic E-state index is 0.0101. The Bertz CT molecular complexity index is 473. The number of carbonyl (C=O) groups excluding carboxylic acids is 1. The second kappa shape index (κ2) is 6.47. The minimum atomic E-state index is -0.857. The lowest BCUT2D eigenvalue weighted by Crippen LogP contribution is -2.55. The number of benzene rings is 1. The number of nitrogens with one attached hydrogen (secondary N) is 1. The predicted octanol–water partition coefficient (Wildman–Crippen LogP) is 2.05. The average molecular weight is 281 g/mol. The predicted molar refractivity (Wildman–Crippen MR) is 77.8 cm³/mol. The summed E-state index contributed by atoms with van der Waals surface area (Å²) in [6.07, 6.45) is 2.50. The maximum absolute atomic E-state index is 12.1. The molecule has 1 unspecified atom stereocenters. The molecule has 0 aromatic heterocycles. The summed E-state index contributed by atoms with van der Waals surface area (Å²) in [5.74, 6) is -0.257. The zero-order valence-corrected chi connectivity index (χ0v) is 12.1. The Morgan fingerprint density at radius 3 is 2.47 bits per heavy atom. The van der Waals surface area contributed by atoms with Crippen LogP contribution in [0.5, 0.6) is 0 Å². The first kappa shape index (κ1) is 15.4. The Morgan fingerprint density at radius 1 is 1.47 bits per heavy atom. The van der Waals surface area contributed by atoms with E-state index in [1.807, 2.05) is 25.3 Å². The summed E-state index contributed by atoms with van der Waals surface area (Å²) in [5.41, 5.74) is 5.30. The zero-order chi connectivity index (χ0) is 14.5. The van der Waals surface area contributed by atoms with Gasteiger partial charge in [-0.25, -0.2) is 0 Å². The lowest BCUT2D eigenvalue weighted by molar-refractivity contribution is 0.0925. The van der Waals surface area contributed by atoms with Gasteiger partial charge in [0.1, 0.15) is 0 Å². The molecule has 1 rings (SSSR count). The molecule has 5 nitrogen and oxygen atoms in total. The summed E-state index contributed by atoms with van der Waals surface area (Å²) in [5, 5.41) is 14.5. The molecule has 0 fully saturated rings. The van der Waals surface area contributed by atoms with Gasteiger partial charge >= 0.3 is 0 Å². The third kappa shape index (κ3) is 3.64. The van der Waals surface area contributed by atoms with Crippen LogP contribution in [0.2, 0.25) is 0 Å². The highest BCUT2D eigenvalue weighted by molar-refractivity contribution is 7.98. The Kier molecular flexibility index (Phi) is 5.23. The maximum atomic E-state index is 12.1. The lowest BCUT2D eigenvalue weighted by Gasteiger charge is -2.28. The van der Waals surface area contributed by atoms with E-state index in [1.54, 1.807) is 30.8 Å². The Balaban J connectivity index is 2.88. The highest BCUT2D eigenvalue weighted by atomic mass is 32.2. The molecule has 0 bridgehead atoms. The largest absolute Gasteiger partial charge is 0.409 e. The van der Waals surface area contributed by atoms with E-state index < -0.39 is 5.54 Å². The highest BCUT2D eigenvalue weighted by Crippen LogP contribution is 2.16. The van der Waals surface area contributed by atoms with Crippen molar-refractivity contribution in [3.63, 3.8) is 0 Å². The molecule has 0 aliphatic heterocycles. The van der Waals surface area contributed by atoms with E-state index in [1.165, 1.54) is 0 Å². The molecule has 19 heavy (non-hydrogen) atoms. The number of hydrogen-bond acceptors (Lipinski definition) is 4. The van der Waals surface area contributed by atoms with E-state index in [0.717, 1.165) is 4.90 Å². The van der Waals surface area contributed by atoms with E-state index in [-0.39, 0.29) is 11.7 Å². The molecule has 0 saturated carbocycles. The Hall–Kier alpha value is -1.69. The van der Waals surface area contributed by atoms with Crippen LogP contribution in [0.15, 0.2) is 34.3 Å². The number of rotatable bonds is 5. The van der Waals surface area contributed by atoms with Crippen LogP contribution in [0.3, 0.4) is 0 Å². The molecule has 0 aliphatic carbocycles. The van der Waals surface area contributed by atoms with Gasteiger partial charge in [0.25, 0.3) is 5.91 Å². The summed E-state index contributed by atoms with van der Waals surface area (Å²) >= 11 is 1.61. The average Bonchev–Trinajstić information content (AvgIpc) is 2.46. The third-order valence-corrected chi connectivity index (χ3v) is 3.87. The van der Waals surface area contributed by atoms with Gasteiger partial charge in [-0.3, -0.25) is 4.79 Å². The van der Waals surface area contributed by atoms with E-state index in [4.69, 9.17) is 10.9 Å². The first-order valence-electron chi connectivity index (χ1n) is 5.91. The maximum Gasteiger partial charge on any atom is 0.252 e. The Morgan fingerprint density at radius 2 is 2.05 bits per heavy atom. The van der Waals surface area contributed by atoms with Crippen molar-refractivity contribution in [3.8, 4) is 0 Å². The zero-order valence-electron chi connectivity index (χ0n) is 11.3. The van der Waals surface area contributed by atoms with Crippen molar-refractivity contribution < 1.29 is 10.0 Å². The topological polar surface area (TPSA) is 87.7 Å². The molecule has 6 heteroatoms. The normalized spacial score (nSPS) is 14.8. The molecule has 0 aliphatic rings. The van der Waals surface area contributed by atoms with Gasteiger partial charge in [0.05, 0.1) is 5.54 Å². The summed E-state index contributed by atoms with van der Waals surface area (Å²) in [7, 11) is 0. The Labute approximate surface area is 117 Å². The minimum Gasteiger partial charge on any atom is -0.409 e. The van der Waals surface area contributed by atoms with Crippen molar-refractivity contribution in [3.05, 3.63) is 29.8 Å². The van der Waals surface area contributed by atoms with Crippen molar-refractivity contribution in [2.24, 2.45) is 10.9 Å². The van der Waals surface area contributed by atoms with E-state index in [2.05, 4.69) is 10.5 Å². The van der Waals surface area contributed by atoms with Crippen LogP contribution in [0.25, 0.3) is 0 Å². The molecule has 104 valence electrons. The van der Waals surface area contributed by atoms with Crippen LogP contribution in [0.1, 0.15) is 30.6 Å². The van der Waals surface area contributed by atoms with Gasteiger partial charge in [0.15, 0.2) is 5.84 Å². The number of amidine groups is 1. The van der Waals surface area contributed by atoms with Crippen LogP contribution in [0, 0.1) is 0 Å². The number of carbonyl (C=O) groups is 1. The molecule has 1 amide bonds. The van der Waals surface area contributed by atoms with Crippen LogP contribution in [-0.4, -0.2) is 28.7 Å². The van der Waals surface area contributed by atoms with Crippen LogP contribution in [0.4, 0.5) is 0 Å². The first-order chi connectivity index (χ1) is 8.96. The molecule has 1 atom stereocenters. The van der Waals surface area contributed by atoms with Gasteiger partial charge in [0.2, 0.25) is 0 Å². The van der Waals surface area contributed by atoms with Crippen molar-refractivity contribution in [2.45, 2.75) is 30.7 Å². The van der Waals surface area contributed by atoms with Gasteiger partial charge in [0, 0.05) is 10.5 Å². The second-order valence-electron chi connectivity index (χ2n) is 4.35. The van der Waals surface area contributed by atoms with Crippen molar-refractivity contribution in [2.75, 3.05) is 6.26 Å². The van der Waals surface area contributed by atoms with E-state index in [9.17, 15) is 4.79 Å². The van der Waals surface area contributed by atoms with Crippen molar-refractivity contribution >= 4 is 23.5 Å². The standard InChI is InChI=1S/C13H19N3O2S/c1-4-13(2,12(14)16-18)15-11(17)9-5-7-10(19-3)8-6-9/h5-8,18H,4H2,1-3H3,(H2,14,16)(H,15,17). The number of hydrogen-bond donors (Lipinski definition) is 3. The molecule has 0 saturated heterocycles. The van der Waals surface area contributed by atoms with Gasteiger partial charge in [-0.2, -0.15) is 0 Å². The van der Waals surface area contributed by atoms with Gasteiger partial charge < -0.3 is 16.3 Å². The molecular formula is C13H19N3O2S. The van der Waals surface area contributed by atoms with Crippen LogP contribution in [-0.2, 0) is 0 Å². The van der Waals surface area contributed by atoms with Crippen molar-refractivity contribution in [1.82, 2.24) is 5.32 Å². The highest BCUT2D eigenvalue weighted by Gasteiger charge is 2.29. The fraction of sp³-hybridized carbons (Fsp3) is 0.385. The van der Waals surface area contributed by atoms with Gasteiger partial charge in [-0.15, -0.1) is 11.8 Å². The molecule has 1 aromatic carbocycles. The molecule has 4 N–H and O–H groups in total. The van der Waals surface area contributed by atoms with Crippen molar-refractivity contribution in [1.29, 1.82) is 0 Å². The molecule has 0 spiro atoms. The van der Waals surface area contributed by atoms with Gasteiger partial charge in [-0.05, 0) is 43.9 Å². The fourth-order valence-corrected chi connectivity index (χ4v) is 1.92. The number of thioether (sulfide) groups is 1. The summed E-state index contributed by atoms with van der Waals surface area (Å²) < 4.78 is 0. The van der Waals surface area contributed by atoms with Crippen LogP contribution >= 0.6 is 11.8 Å². The van der Waals surface area contributed by atoms with E-state index in [0.29, 0.717) is 12.0 Å². The first-order valence-corrected chi connectivity index (χ1v) is 7.14. The SMILES string of the molecule is CCC(C)(NC(=O)c1ccc(SC)cc1)C(N)=NO. The quantitative estimate of drug-likeness (QED) is 0.253. The second-order valence-corrected chi connectivity index (χ2v) is 5.23. The molecular weight excluding hydrogens is 262 g/mol. The molecule has 0 radical (unpaired) electrons. The molecule has 1 aromatic rings. The van der Waals surface area contributed by atoms with Crippen LogP contribution < -0.4 is 11.1 Å². The summed E-state index contributed by atoms with van der Waals surface area (Å²) in [4.78, 5) is 13.2. The number of nitrogens with zero attached hydrogens (tertiary/aromatic N) is 1. The number of nitrogens with two attached hydrogens (primary N) is 1. The summed E-state index contributed by atoms with van der Waals surface area (Å²) in [6.45, 7) is 3.57. The van der Waals surface area contributed by atoms with E-state index >= 15 is 0 Å². The summed E-state index contributed by atoms with van der Waals surface area (Å²) in [6, 6.07) is 7.27. The fourth-order valence-electron chi connectivity index (χ4n) is 1.51. The lowest BCUT2D eigenvalue weighted by atomic mass is 9.97. The third-order valence-electron chi connectivity index (χ3n) is 3.12.